The maximum atomic E-state index is 14.2. The van der Waals surface area contributed by atoms with E-state index in [0.717, 1.165) is 4.90 Å². The Kier molecular flexibility index (Phi) is 9.54. The standard InChI is InChI=1S/C22H27BrF6N4O3/c1-21(2,3)36-20(35)31-13(6-12-7-15(25)16(26)9-14(12)24)8-18(34)32-4-5-33(11-22(27,28)29)17(10-32)19(23)30/h7,9,13H,4-6,8,10-11,30H2,1-3H3,(H,31,35)/b19-17-. The molecule has 0 aromatic heterocycles. The van der Waals surface area contributed by atoms with Crippen LogP contribution in [-0.4, -0.2) is 65.8 Å². The van der Waals surface area contributed by atoms with Crippen LogP contribution in [0.3, 0.4) is 0 Å². The third-order valence-electron chi connectivity index (χ3n) is 5.06. The summed E-state index contributed by atoms with van der Waals surface area (Å²) in [4.78, 5) is 27.6. The van der Waals surface area contributed by atoms with Gasteiger partial charge >= 0.3 is 12.3 Å². The molecule has 14 heteroatoms. The zero-order valence-corrected chi connectivity index (χ0v) is 21.4. The molecule has 202 valence electrons. The lowest BCUT2D eigenvalue weighted by Gasteiger charge is -2.39. The third kappa shape index (κ3) is 9.10. The summed E-state index contributed by atoms with van der Waals surface area (Å²) in [7, 11) is 0. The van der Waals surface area contributed by atoms with Crippen molar-refractivity contribution in [1.82, 2.24) is 15.1 Å². The molecule has 0 bridgehead atoms. The number of hydrogen-bond acceptors (Lipinski definition) is 5. The second-order valence-electron chi connectivity index (χ2n) is 9.26. The van der Waals surface area contributed by atoms with Crippen LogP contribution in [0.15, 0.2) is 22.4 Å². The van der Waals surface area contributed by atoms with Crippen molar-refractivity contribution < 1.29 is 40.7 Å². The Morgan fingerprint density at radius 3 is 2.28 bits per heavy atom. The van der Waals surface area contributed by atoms with E-state index in [1.165, 1.54) is 4.90 Å². The minimum Gasteiger partial charge on any atom is -0.444 e. The summed E-state index contributed by atoms with van der Waals surface area (Å²) in [6, 6.07) is -0.123. The molecular formula is C22H27BrF6N4O3. The number of carbonyl (C=O) groups is 2. The highest BCUT2D eigenvalue weighted by Gasteiger charge is 2.36. The molecule has 1 fully saturated rings. The maximum absolute atomic E-state index is 14.2. The smallest absolute Gasteiger partial charge is 0.407 e. The van der Waals surface area contributed by atoms with E-state index in [1.807, 2.05) is 0 Å². The summed E-state index contributed by atoms with van der Waals surface area (Å²) in [6.07, 6.45) is -6.22. The Morgan fingerprint density at radius 2 is 1.72 bits per heavy atom. The number of benzene rings is 1. The van der Waals surface area contributed by atoms with Crippen LogP contribution < -0.4 is 11.1 Å². The fourth-order valence-electron chi connectivity index (χ4n) is 3.54. The number of ether oxygens (including phenoxy) is 1. The van der Waals surface area contributed by atoms with Crippen molar-refractivity contribution in [3.05, 3.63) is 45.5 Å². The van der Waals surface area contributed by atoms with E-state index in [2.05, 4.69) is 21.2 Å². The monoisotopic (exact) mass is 588 g/mol. The summed E-state index contributed by atoms with van der Waals surface area (Å²) >= 11 is 2.97. The number of rotatable bonds is 6. The normalized spacial score (nSPS) is 17.1. The van der Waals surface area contributed by atoms with Crippen LogP contribution in [-0.2, 0) is 16.0 Å². The van der Waals surface area contributed by atoms with E-state index < -0.39 is 60.2 Å². The molecule has 2 amide bonds. The van der Waals surface area contributed by atoms with Gasteiger partial charge in [-0.25, -0.2) is 18.0 Å². The van der Waals surface area contributed by atoms with Crippen LogP contribution >= 0.6 is 15.9 Å². The van der Waals surface area contributed by atoms with Crippen molar-refractivity contribution in [2.45, 2.75) is 51.4 Å². The number of alkyl carbamates (subject to hydrolysis) is 1. The summed E-state index contributed by atoms with van der Waals surface area (Å²) in [6.45, 7) is 3.06. The van der Waals surface area contributed by atoms with Gasteiger partial charge in [-0.15, -0.1) is 0 Å². The largest absolute Gasteiger partial charge is 0.444 e. The third-order valence-corrected chi connectivity index (χ3v) is 5.52. The first-order chi connectivity index (χ1) is 16.4. The second-order valence-corrected chi connectivity index (χ2v) is 10.1. The van der Waals surface area contributed by atoms with Gasteiger partial charge < -0.3 is 25.6 Å². The number of halogens is 7. The number of nitrogens with one attached hydrogen (secondary N) is 1. The molecule has 3 N–H and O–H groups in total. The first-order valence-electron chi connectivity index (χ1n) is 10.8. The van der Waals surface area contributed by atoms with Crippen molar-refractivity contribution in [3.63, 3.8) is 0 Å². The minimum atomic E-state index is -4.49. The number of alkyl halides is 3. The molecule has 1 aliphatic rings. The summed E-state index contributed by atoms with van der Waals surface area (Å²) in [5, 5.41) is 2.43. The van der Waals surface area contributed by atoms with Crippen LogP contribution in [0.5, 0.6) is 0 Å². The van der Waals surface area contributed by atoms with Gasteiger partial charge in [-0.2, -0.15) is 13.2 Å². The Labute approximate surface area is 212 Å². The van der Waals surface area contributed by atoms with Gasteiger partial charge in [0.05, 0.1) is 16.8 Å². The lowest BCUT2D eigenvalue weighted by Crippen LogP contribution is -2.51. The van der Waals surface area contributed by atoms with Gasteiger partial charge in [0.15, 0.2) is 11.6 Å². The van der Waals surface area contributed by atoms with Gasteiger partial charge in [-0.05, 0) is 54.8 Å². The van der Waals surface area contributed by atoms with Crippen molar-refractivity contribution >= 4 is 27.9 Å². The quantitative estimate of drug-likeness (QED) is 0.296. The highest BCUT2D eigenvalue weighted by Crippen LogP contribution is 2.25. The summed E-state index contributed by atoms with van der Waals surface area (Å²) in [5.41, 5.74) is 4.55. The molecule has 1 aromatic rings. The SMILES string of the molecule is CC(C)(C)OC(=O)NC(CC(=O)N1CCN(CC(F)(F)F)/C(=C(\N)Br)C1)Cc1cc(F)c(F)cc1F. The fraction of sp³-hybridized carbons (Fsp3) is 0.545. The van der Waals surface area contributed by atoms with Gasteiger partial charge in [-0.3, -0.25) is 4.79 Å². The Morgan fingerprint density at radius 1 is 1.11 bits per heavy atom. The summed E-state index contributed by atoms with van der Waals surface area (Å²) < 4.78 is 85.1. The van der Waals surface area contributed by atoms with Crippen molar-refractivity contribution in [1.29, 1.82) is 0 Å². The van der Waals surface area contributed by atoms with Crippen LogP contribution in [0, 0.1) is 17.5 Å². The number of hydrogen-bond donors (Lipinski definition) is 2. The maximum Gasteiger partial charge on any atom is 0.407 e. The van der Waals surface area contributed by atoms with Crippen molar-refractivity contribution in [2.24, 2.45) is 5.73 Å². The summed E-state index contributed by atoms with van der Waals surface area (Å²) in [5.74, 6) is -4.36. The van der Waals surface area contributed by atoms with Gasteiger partial charge in [0.2, 0.25) is 5.91 Å². The van der Waals surface area contributed by atoms with Gasteiger partial charge in [-0.1, -0.05) is 0 Å². The van der Waals surface area contributed by atoms with Crippen molar-refractivity contribution in [2.75, 3.05) is 26.2 Å². The number of carbonyl (C=O) groups excluding carboxylic acids is 2. The molecule has 1 heterocycles. The minimum absolute atomic E-state index is 0.0511. The molecule has 0 aliphatic carbocycles. The van der Waals surface area contributed by atoms with Gasteiger partial charge in [0.1, 0.15) is 18.0 Å². The molecule has 0 saturated carbocycles. The fourth-order valence-corrected chi connectivity index (χ4v) is 3.92. The molecule has 1 aliphatic heterocycles. The highest BCUT2D eigenvalue weighted by molar-refractivity contribution is 9.11. The molecule has 2 rings (SSSR count). The van der Waals surface area contributed by atoms with Crippen LogP contribution in [0.2, 0.25) is 0 Å². The van der Waals surface area contributed by atoms with E-state index in [-0.39, 0.29) is 41.9 Å². The van der Waals surface area contributed by atoms with E-state index in [4.69, 9.17) is 10.5 Å². The second kappa shape index (κ2) is 11.6. The molecule has 1 unspecified atom stereocenters. The Hall–Kier alpha value is -2.64. The molecule has 0 spiro atoms. The first-order valence-corrected chi connectivity index (χ1v) is 11.6. The predicted octanol–water partition coefficient (Wildman–Crippen LogP) is 4.16. The Balaban J connectivity index is 2.21. The highest BCUT2D eigenvalue weighted by atomic mass is 79.9. The molecule has 36 heavy (non-hydrogen) atoms. The molecule has 1 atom stereocenters. The van der Waals surface area contributed by atoms with Crippen LogP contribution in [0.1, 0.15) is 32.8 Å². The number of amides is 2. The average Bonchev–Trinajstić information content (AvgIpc) is 2.69. The molecule has 1 aromatic carbocycles. The van der Waals surface area contributed by atoms with E-state index >= 15 is 0 Å². The predicted molar refractivity (Wildman–Crippen MR) is 122 cm³/mol. The number of piperazine rings is 1. The number of nitrogens with two attached hydrogens (primary N) is 1. The van der Waals surface area contributed by atoms with Crippen LogP contribution in [0.25, 0.3) is 0 Å². The molecule has 0 radical (unpaired) electrons. The van der Waals surface area contributed by atoms with Gasteiger partial charge in [0, 0.05) is 31.6 Å². The average molecular weight is 589 g/mol. The van der Waals surface area contributed by atoms with E-state index in [1.54, 1.807) is 20.8 Å². The van der Waals surface area contributed by atoms with Gasteiger partial charge in [0.25, 0.3) is 0 Å². The first kappa shape index (κ1) is 29.6. The van der Waals surface area contributed by atoms with E-state index in [9.17, 15) is 35.9 Å². The molecular weight excluding hydrogens is 562 g/mol. The lowest BCUT2D eigenvalue weighted by atomic mass is 10.0. The number of nitrogens with zero attached hydrogens (tertiary/aromatic N) is 2. The zero-order chi connectivity index (χ0) is 27.4. The molecule has 7 nitrogen and oxygen atoms in total. The zero-order valence-electron chi connectivity index (χ0n) is 19.8. The molecule has 1 saturated heterocycles. The van der Waals surface area contributed by atoms with E-state index in [0.29, 0.717) is 12.1 Å². The van der Waals surface area contributed by atoms with Crippen LogP contribution in [0.4, 0.5) is 31.1 Å². The topological polar surface area (TPSA) is 87.9 Å². The van der Waals surface area contributed by atoms with Crippen molar-refractivity contribution in [3.8, 4) is 0 Å². The lowest BCUT2D eigenvalue weighted by molar-refractivity contribution is -0.146. The Bertz CT molecular complexity index is 1010.